The number of hydrogen-bond acceptors (Lipinski definition) is 3. The Kier molecular flexibility index (Phi) is 5.39. The Hall–Kier alpha value is -2.07. The van der Waals surface area contributed by atoms with Gasteiger partial charge in [-0.05, 0) is 44.0 Å². The van der Waals surface area contributed by atoms with E-state index in [9.17, 15) is 4.79 Å². The van der Waals surface area contributed by atoms with Crippen molar-refractivity contribution in [3.8, 4) is 5.75 Å². The topological polar surface area (TPSA) is 51.2 Å². The zero-order valence-corrected chi connectivity index (χ0v) is 13.7. The number of amides is 1. The number of aromatic nitrogens is 1. The Morgan fingerprint density at radius 1 is 1.23 bits per heavy atom. The second-order valence-corrected chi connectivity index (χ2v) is 5.47. The van der Waals surface area contributed by atoms with Gasteiger partial charge in [0.2, 0.25) is 5.91 Å². The number of anilines is 1. The third-order valence-corrected chi connectivity index (χ3v) is 3.51. The Morgan fingerprint density at radius 3 is 2.73 bits per heavy atom. The molecule has 1 aromatic carbocycles. The van der Waals surface area contributed by atoms with Crippen LogP contribution < -0.4 is 10.1 Å². The maximum absolute atomic E-state index is 11.5. The van der Waals surface area contributed by atoms with Crippen molar-refractivity contribution in [2.75, 3.05) is 11.2 Å². The van der Waals surface area contributed by atoms with Crippen LogP contribution in [0, 0.1) is 20.8 Å². The van der Waals surface area contributed by atoms with Crippen LogP contribution in [0.1, 0.15) is 22.4 Å². The van der Waals surface area contributed by atoms with E-state index in [1.54, 1.807) is 6.07 Å². The van der Waals surface area contributed by atoms with Gasteiger partial charge in [0.1, 0.15) is 12.5 Å². The van der Waals surface area contributed by atoms with Crippen LogP contribution in [-0.2, 0) is 11.4 Å². The Bertz CT molecular complexity index is 686. The van der Waals surface area contributed by atoms with Crippen LogP contribution in [-0.4, -0.2) is 16.8 Å². The first-order chi connectivity index (χ1) is 10.5. The molecule has 5 heteroatoms. The van der Waals surface area contributed by atoms with Crippen LogP contribution in [0.2, 0.25) is 0 Å². The number of nitrogens with one attached hydrogen (secondary N) is 1. The molecule has 0 atom stereocenters. The summed E-state index contributed by atoms with van der Waals surface area (Å²) in [6.07, 6.45) is 0. The van der Waals surface area contributed by atoms with Gasteiger partial charge in [0.25, 0.3) is 0 Å². The van der Waals surface area contributed by atoms with E-state index >= 15 is 0 Å². The molecule has 0 saturated carbocycles. The van der Waals surface area contributed by atoms with Gasteiger partial charge in [-0.1, -0.05) is 23.8 Å². The van der Waals surface area contributed by atoms with Gasteiger partial charge in [0.05, 0.1) is 0 Å². The molecule has 1 aromatic heterocycles. The summed E-state index contributed by atoms with van der Waals surface area (Å²) in [5, 5.41) is 2.66. The summed E-state index contributed by atoms with van der Waals surface area (Å²) in [4.78, 5) is 15.8. The highest BCUT2D eigenvalue weighted by Gasteiger charge is 2.10. The third kappa shape index (κ3) is 4.21. The quantitative estimate of drug-likeness (QED) is 0.854. The maximum atomic E-state index is 11.5. The van der Waals surface area contributed by atoms with Gasteiger partial charge in [-0.2, -0.15) is 0 Å². The average molecular weight is 319 g/mol. The molecule has 2 rings (SSSR count). The molecule has 2 aromatic rings. The molecule has 0 spiro atoms. The fraction of sp³-hybridized carbons (Fsp3) is 0.294. The predicted octanol–water partition coefficient (Wildman–Crippen LogP) is 3.76. The summed E-state index contributed by atoms with van der Waals surface area (Å²) in [6, 6.07) is 9.87. The second-order valence-electron chi connectivity index (χ2n) is 5.20. The van der Waals surface area contributed by atoms with Crippen LogP contribution >= 0.6 is 11.6 Å². The van der Waals surface area contributed by atoms with Crippen molar-refractivity contribution in [3.63, 3.8) is 0 Å². The Balaban J connectivity index is 2.18. The van der Waals surface area contributed by atoms with Crippen LogP contribution in [0.15, 0.2) is 30.3 Å². The second kappa shape index (κ2) is 7.27. The van der Waals surface area contributed by atoms with Crippen molar-refractivity contribution in [1.29, 1.82) is 0 Å². The fourth-order valence-electron chi connectivity index (χ4n) is 2.03. The molecule has 0 radical (unpaired) electrons. The van der Waals surface area contributed by atoms with E-state index in [0.29, 0.717) is 18.2 Å². The van der Waals surface area contributed by atoms with Gasteiger partial charge in [-0.15, -0.1) is 11.6 Å². The Labute approximate surface area is 135 Å². The molecule has 1 heterocycles. The predicted molar refractivity (Wildman–Crippen MR) is 88.6 cm³/mol. The summed E-state index contributed by atoms with van der Waals surface area (Å²) >= 11 is 5.52. The number of nitrogens with zero attached hydrogens (tertiary/aromatic N) is 1. The summed E-state index contributed by atoms with van der Waals surface area (Å²) in [5.74, 6) is 0.503. The number of aryl methyl sites for hydroxylation is 3. The standard InChI is InChI=1S/C17H19ClN2O2/c1-11-4-5-12(2)14(8-11)10-22-15-7-6-13(3)19-17(15)20-16(21)9-18/h4-8H,9-10H2,1-3H3,(H,19,20,21). The third-order valence-electron chi connectivity index (χ3n) is 3.26. The highest BCUT2D eigenvalue weighted by molar-refractivity contribution is 6.29. The SMILES string of the molecule is Cc1ccc(C)c(COc2ccc(C)nc2NC(=O)CCl)c1. The van der Waals surface area contributed by atoms with Crippen LogP contribution in [0.4, 0.5) is 5.82 Å². The van der Waals surface area contributed by atoms with Gasteiger partial charge in [-0.3, -0.25) is 4.79 Å². The number of alkyl halides is 1. The van der Waals surface area contributed by atoms with E-state index in [1.165, 1.54) is 5.56 Å². The molecule has 116 valence electrons. The van der Waals surface area contributed by atoms with Gasteiger partial charge in [-0.25, -0.2) is 4.98 Å². The molecule has 0 fully saturated rings. The zero-order valence-electron chi connectivity index (χ0n) is 12.9. The molecule has 0 aliphatic heterocycles. The molecular weight excluding hydrogens is 300 g/mol. The molecule has 0 saturated heterocycles. The molecule has 1 amide bonds. The first kappa shape index (κ1) is 16.3. The summed E-state index contributed by atoms with van der Waals surface area (Å²) in [5.41, 5.74) is 4.25. The lowest BCUT2D eigenvalue weighted by molar-refractivity contribution is -0.114. The van der Waals surface area contributed by atoms with E-state index in [-0.39, 0.29) is 11.8 Å². The Morgan fingerprint density at radius 2 is 2.00 bits per heavy atom. The monoisotopic (exact) mass is 318 g/mol. The number of carbonyl (C=O) groups is 1. The minimum absolute atomic E-state index is 0.119. The van der Waals surface area contributed by atoms with Crippen molar-refractivity contribution < 1.29 is 9.53 Å². The van der Waals surface area contributed by atoms with Crippen molar-refractivity contribution in [1.82, 2.24) is 4.98 Å². The molecule has 1 N–H and O–H groups in total. The van der Waals surface area contributed by atoms with Gasteiger partial charge in [0.15, 0.2) is 11.6 Å². The number of halogens is 1. The summed E-state index contributed by atoms with van der Waals surface area (Å²) in [7, 11) is 0. The van der Waals surface area contributed by atoms with E-state index in [2.05, 4.69) is 28.5 Å². The molecule has 0 bridgehead atoms. The van der Waals surface area contributed by atoms with Crippen molar-refractivity contribution in [2.45, 2.75) is 27.4 Å². The highest BCUT2D eigenvalue weighted by Crippen LogP contribution is 2.24. The molecule has 4 nitrogen and oxygen atoms in total. The minimum atomic E-state index is -0.309. The normalized spacial score (nSPS) is 10.4. The van der Waals surface area contributed by atoms with Crippen molar-refractivity contribution >= 4 is 23.3 Å². The molecular formula is C17H19ClN2O2. The molecule has 0 aliphatic rings. The van der Waals surface area contributed by atoms with E-state index < -0.39 is 0 Å². The zero-order chi connectivity index (χ0) is 16.1. The number of rotatable bonds is 5. The number of carbonyl (C=O) groups excluding carboxylic acids is 1. The van der Waals surface area contributed by atoms with Crippen molar-refractivity contribution in [3.05, 3.63) is 52.7 Å². The smallest absolute Gasteiger partial charge is 0.240 e. The lowest BCUT2D eigenvalue weighted by atomic mass is 10.1. The number of hydrogen-bond donors (Lipinski definition) is 1. The van der Waals surface area contributed by atoms with Crippen molar-refractivity contribution in [2.24, 2.45) is 0 Å². The first-order valence-electron chi connectivity index (χ1n) is 7.02. The van der Waals surface area contributed by atoms with Gasteiger partial charge in [0, 0.05) is 5.69 Å². The average Bonchev–Trinajstić information content (AvgIpc) is 2.49. The molecule has 22 heavy (non-hydrogen) atoms. The number of benzene rings is 1. The maximum Gasteiger partial charge on any atom is 0.240 e. The van der Waals surface area contributed by atoms with Crippen LogP contribution in [0.25, 0.3) is 0 Å². The first-order valence-corrected chi connectivity index (χ1v) is 7.55. The number of pyridine rings is 1. The van der Waals surface area contributed by atoms with E-state index in [1.807, 2.05) is 26.8 Å². The molecule has 0 unspecified atom stereocenters. The lowest BCUT2D eigenvalue weighted by Crippen LogP contribution is -2.15. The summed E-state index contributed by atoms with van der Waals surface area (Å²) < 4.78 is 5.84. The van der Waals surface area contributed by atoms with E-state index in [0.717, 1.165) is 16.8 Å². The number of ether oxygens (including phenoxy) is 1. The minimum Gasteiger partial charge on any atom is -0.485 e. The van der Waals surface area contributed by atoms with Crippen LogP contribution in [0.3, 0.4) is 0 Å². The van der Waals surface area contributed by atoms with Gasteiger partial charge < -0.3 is 10.1 Å². The fourth-order valence-corrected chi connectivity index (χ4v) is 2.09. The van der Waals surface area contributed by atoms with Crippen LogP contribution in [0.5, 0.6) is 5.75 Å². The highest BCUT2D eigenvalue weighted by atomic mass is 35.5. The summed E-state index contributed by atoms with van der Waals surface area (Å²) in [6.45, 7) is 6.36. The van der Waals surface area contributed by atoms with Gasteiger partial charge >= 0.3 is 0 Å². The van der Waals surface area contributed by atoms with E-state index in [4.69, 9.17) is 16.3 Å². The molecule has 0 aliphatic carbocycles. The largest absolute Gasteiger partial charge is 0.485 e. The lowest BCUT2D eigenvalue weighted by Gasteiger charge is -2.13.